The third kappa shape index (κ3) is 3.62. The Balaban J connectivity index is 1.77. The van der Waals surface area contributed by atoms with Crippen LogP contribution in [-0.4, -0.2) is 11.9 Å². The Bertz CT molecular complexity index is 446. The fourth-order valence-electron chi connectivity index (χ4n) is 1.07. The van der Waals surface area contributed by atoms with Crippen LogP contribution in [0, 0.1) is 0 Å². The van der Waals surface area contributed by atoms with Gasteiger partial charge in [-0.05, 0) is 0 Å². The van der Waals surface area contributed by atoms with E-state index >= 15 is 0 Å². The molecule has 0 fully saturated rings. The predicted octanol–water partition coefficient (Wildman–Crippen LogP) is 2.74. The van der Waals surface area contributed by atoms with Gasteiger partial charge in [-0.3, -0.25) is 0 Å². The third-order valence-corrected chi connectivity index (χ3v) is 6.48. The van der Waals surface area contributed by atoms with Gasteiger partial charge in [0.05, 0.1) is 0 Å². The monoisotopic (exact) mass is 456 g/mol. The molecule has 0 saturated heterocycles. The van der Waals surface area contributed by atoms with Gasteiger partial charge in [0.1, 0.15) is 0 Å². The summed E-state index contributed by atoms with van der Waals surface area (Å²) in [6.07, 6.45) is 0. The minimum atomic E-state index is -2.36. The zero-order valence-electron chi connectivity index (χ0n) is 8.62. The molecule has 0 saturated carbocycles. The normalized spacial score (nSPS) is 9.41. The molecule has 2 rings (SSSR count). The molecule has 0 aliphatic rings. The second-order valence-corrected chi connectivity index (χ2v) is 7.99. The molecule has 0 aliphatic carbocycles. The van der Waals surface area contributed by atoms with Crippen molar-refractivity contribution in [2.45, 2.75) is 0 Å². The van der Waals surface area contributed by atoms with E-state index in [9.17, 15) is 9.59 Å². The first-order valence-electron chi connectivity index (χ1n) is 4.68. The van der Waals surface area contributed by atoms with E-state index in [1.807, 2.05) is 0 Å². The van der Waals surface area contributed by atoms with Gasteiger partial charge in [0.15, 0.2) is 0 Å². The van der Waals surface area contributed by atoms with E-state index in [2.05, 4.69) is 0 Å². The van der Waals surface area contributed by atoms with Crippen LogP contribution in [0.25, 0.3) is 0 Å². The zero-order valence-corrected chi connectivity index (χ0v) is 15.8. The van der Waals surface area contributed by atoms with E-state index in [0.717, 1.165) is 0 Å². The van der Waals surface area contributed by atoms with Gasteiger partial charge in [-0.2, -0.15) is 0 Å². The van der Waals surface area contributed by atoms with Crippen LogP contribution in [0.2, 0.25) is 0 Å². The van der Waals surface area contributed by atoms with Crippen molar-refractivity contribution in [1.82, 2.24) is 0 Å². The molecule has 2 aromatic heterocycles. The van der Waals surface area contributed by atoms with E-state index < -0.39 is 25.5 Å². The van der Waals surface area contributed by atoms with Gasteiger partial charge < -0.3 is 0 Å². The molecule has 0 spiro atoms. The van der Waals surface area contributed by atoms with Crippen molar-refractivity contribution in [3.05, 3.63) is 44.8 Å². The number of hydrogen-bond donors (Lipinski definition) is 0. The van der Waals surface area contributed by atoms with E-state index in [-0.39, 0.29) is 11.9 Å². The van der Waals surface area contributed by atoms with Gasteiger partial charge in [0.25, 0.3) is 0 Å². The molecule has 2 aromatic rings. The van der Waals surface area contributed by atoms with Crippen LogP contribution in [0.1, 0.15) is 19.3 Å². The molecule has 0 amide bonds. The van der Waals surface area contributed by atoms with Gasteiger partial charge in [-0.15, -0.1) is 0 Å². The molecule has 17 heavy (non-hydrogen) atoms. The Morgan fingerprint density at radius 2 is 1.41 bits per heavy atom. The molecular weight excluding hydrogens is 449 g/mol. The van der Waals surface area contributed by atoms with Gasteiger partial charge in [0, 0.05) is 0 Å². The van der Waals surface area contributed by atoms with Crippen LogP contribution < -0.4 is 0 Å². The summed E-state index contributed by atoms with van der Waals surface area (Å²) < 4.78 is 10.0. The van der Waals surface area contributed by atoms with E-state index in [0.29, 0.717) is 9.75 Å². The van der Waals surface area contributed by atoms with Crippen LogP contribution in [0.4, 0.5) is 0 Å². The predicted molar refractivity (Wildman–Crippen MR) is 59.5 cm³/mol. The second kappa shape index (κ2) is 6.27. The Morgan fingerprint density at radius 3 is 1.76 bits per heavy atom. The Hall–Kier alpha value is -0.725. The summed E-state index contributed by atoms with van der Waals surface area (Å²) in [6.45, 7) is 0. The van der Waals surface area contributed by atoms with Crippen molar-refractivity contribution in [2.24, 2.45) is 0 Å². The van der Waals surface area contributed by atoms with Gasteiger partial charge in [-0.1, -0.05) is 0 Å². The fraction of sp³-hybridized carbons (Fsp3) is 0. The van der Waals surface area contributed by atoms with Crippen LogP contribution in [0.3, 0.4) is 0 Å². The van der Waals surface area contributed by atoms with Crippen LogP contribution >= 0.6 is 22.7 Å². The summed E-state index contributed by atoms with van der Waals surface area (Å²) >= 11 is 0.259. The average molecular weight is 455 g/mol. The Morgan fingerprint density at radius 1 is 0.941 bits per heavy atom. The third-order valence-electron chi connectivity index (χ3n) is 1.82. The fourth-order valence-corrected chi connectivity index (χ4v) is 5.38. The summed E-state index contributed by atoms with van der Waals surface area (Å²) in [5, 5.41) is 3.59. The standard InChI is InChI=1S/2C5H4O2S.Hg/c2*6-5(7)4-2-1-3-8-4;/h2*1-3H,(H,6,7);/q;;+2/p-2. The first-order chi connectivity index (χ1) is 8.27. The topological polar surface area (TPSA) is 52.6 Å². The van der Waals surface area contributed by atoms with Crippen LogP contribution in [-0.2, 0) is 30.8 Å². The number of carbonyl (C=O) groups is 2. The molecule has 7 heteroatoms. The zero-order chi connectivity index (χ0) is 12.1. The molecule has 0 N–H and O–H groups in total. The molecular formula is C10H6HgO4S2. The maximum atomic E-state index is 11.4. The average Bonchev–Trinajstić information content (AvgIpc) is 3.02. The molecule has 0 radical (unpaired) electrons. The number of carbonyl (C=O) groups excluding carboxylic acids is 2. The first-order valence-corrected chi connectivity index (χ1v) is 10.9. The van der Waals surface area contributed by atoms with Crippen molar-refractivity contribution < 1.29 is 40.4 Å². The maximum absolute atomic E-state index is 11.4. The molecule has 84 valence electrons. The summed E-state index contributed by atoms with van der Waals surface area (Å²) in [5.74, 6) is -0.777. The summed E-state index contributed by atoms with van der Waals surface area (Å²) in [7, 11) is 0. The van der Waals surface area contributed by atoms with E-state index in [1.165, 1.54) is 22.7 Å². The van der Waals surface area contributed by atoms with Gasteiger partial charge in [0.2, 0.25) is 0 Å². The van der Waals surface area contributed by atoms with Gasteiger partial charge >= 0.3 is 120 Å². The van der Waals surface area contributed by atoms with Crippen molar-refractivity contribution in [1.29, 1.82) is 0 Å². The molecule has 0 unspecified atom stereocenters. The van der Waals surface area contributed by atoms with Gasteiger partial charge in [-0.25, -0.2) is 0 Å². The summed E-state index contributed by atoms with van der Waals surface area (Å²) in [5.41, 5.74) is 0. The molecule has 0 aromatic carbocycles. The minimum absolute atomic E-state index is 0.388. The van der Waals surface area contributed by atoms with Crippen molar-refractivity contribution in [3.63, 3.8) is 0 Å². The molecule has 0 aliphatic heterocycles. The number of hydrogen-bond acceptors (Lipinski definition) is 6. The SMILES string of the molecule is O=C([O][Hg][O]C(=O)c1cccs1)c1cccs1. The van der Waals surface area contributed by atoms with E-state index in [1.54, 1.807) is 35.0 Å². The Kier molecular flexibility index (Phi) is 4.70. The van der Waals surface area contributed by atoms with Crippen LogP contribution in [0.15, 0.2) is 35.0 Å². The second-order valence-electron chi connectivity index (χ2n) is 2.94. The van der Waals surface area contributed by atoms with E-state index in [4.69, 9.17) is 5.29 Å². The first kappa shape index (κ1) is 12.7. The summed E-state index contributed by atoms with van der Waals surface area (Å²) in [4.78, 5) is 23.9. The van der Waals surface area contributed by atoms with Crippen molar-refractivity contribution in [3.8, 4) is 0 Å². The molecule has 2 heterocycles. The summed E-state index contributed by atoms with van der Waals surface area (Å²) in [6, 6.07) is 6.91. The van der Waals surface area contributed by atoms with Crippen LogP contribution in [0.5, 0.6) is 0 Å². The molecule has 0 atom stereocenters. The quantitative estimate of drug-likeness (QED) is 0.667. The molecule has 4 nitrogen and oxygen atoms in total. The number of thiophene rings is 2. The van der Waals surface area contributed by atoms with Crippen molar-refractivity contribution in [2.75, 3.05) is 0 Å². The number of rotatable bonds is 4. The Labute approximate surface area is 119 Å². The molecule has 0 bridgehead atoms. The van der Waals surface area contributed by atoms with Crippen molar-refractivity contribution >= 4 is 34.6 Å².